The van der Waals surface area contributed by atoms with Gasteiger partial charge in [-0.3, -0.25) is 9.59 Å². The summed E-state index contributed by atoms with van der Waals surface area (Å²) in [6.45, 7) is 3.48. The lowest BCUT2D eigenvalue weighted by Gasteiger charge is -2.30. The molecule has 9 heteroatoms. The number of amides is 2. The van der Waals surface area contributed by atoms with E-state index in [0.717, 1.165) is 5.56 Å². The minimum absolute atomic E-state index is 0.206. The Bertz CT molecular complexity index is 1060. The van der Waals surface area contributed by atoms with E-state index in [1.54, 1.807) is 55.6 Å². The number of nitrogens with one attached hydrogen (secondary N) is 2. The molecule has 0 saturated carbocycles. The molecule has 2 aromatic carbocycles. The van der Waals surface area contributed by atoms with Gasteiger partial charge in [0.25, 0.3) is 5.91 Å². The fraction of sp³-hybridized carbons (Fsp3) is 0.417. The summed E-state index contributed by atoms with van der Waals surface area (Å²) in [5, 5.41) is 5.69. The van der Waals surface area contributed by atoms with Crippen molar-refractivity contribution < 1.29 is 22.7 Å². The minimum atomic E-state index is -3.58. The number of carbonyl (C=O) groups is 2. The van der Waals surface area contributed by atoms with E-state index in [1.807, 2.05) is 6.92 Å². The van der Waals surface area contributed by atoms with Gasteiger partial charge in [-0.1, -0.05) is 29.8 Å². The number of methoxy groups -OCH3 is 1. The van der Waals surface area contributed by atoms with Crippen LogP contribution in [0.25, 0.3) is 0 Å². The first-order chi connectivity index (χ1) is 15.8. The standard InChI is InChI=1S/C24H31N3O5S/c1-18-8-10-20(11-9-18)33(30,31)27-15-12-19(13-16-27)23(28)26-22-7-4-3-6-21(22)24(29)25-14-5-17-32-2/h3-4,6-11,19H,5,12-17H2,1-2H3,(H,25,29)(H,26,28). The van der Waals surface area contributed by atoms with Crippen LogP contribution in [0.2, 0.25) is 0 Å². The fourth-order valence-corrected chi connectivity index (χ4v) is 5.23. The average molecular weight is 474 g/mol. The maximum absolute atomic E-state index is 12.9. The molecule has 1 saturated heterocycles. The Hall–Kier alpha value is -2.75. The molecule has 0 radical (unpaired) electrons. The predicted octanol–water partition coefficient (Wildman–Crippen LogP) is 2.80. The number of aryl methyl sites for hydroxylation is 1. The summed E-state index contributed by atoms with van der Waals surface area (Å²) in [6, 6.07) is 13.6. The Labute approximate surface area is 195 Å². The maximum atomic E-state index is 12.9. The number of sulfonamides is 1. The van der Waals surface area contributed by atoms with Crippen molar-refractivity contribution in [3.63, 3.8) is 0 Å². The summed E-state index contributed by atoms with van der Waals surface area (Å²) >= 11 is 0. The van der Waals surface area contributed by atoms with Crippen molar-refractivity contribution in [3.05, 3.63) is 59.7 Å². The van der Waals surface area contributed by atoms with Gasteiger partial charge in [0.05, 0.1) is 16.1 Å². The van der Waals surface area contributed by atoms with E-state index in [1.165, 1.54) is 4.31 Å². The molecule has 0 atom stereocenters. The van der Waals surface area contributed by atoms with E-state index in [4.69, 9.17) is 4.74 Å². The molecule has 2 amide bonds. The number of para-hydroxylation sites is 1. The van der Waals surface area contributed by atoms with Gasteiger partial charge >= 0.3 is 0 Å². The smallest absolute Gasteiger partial charge is 0.253 e. The van der Waals surface area contributed by atoms with E-state index >= 15 is 0 Å². The molecule has 33 heavy (non-hydrogen) atoms. The summed E-state index contributed by atoms with van der Waals surface area (Å²) in [5.74, 6) is -0.796. The molecule has 2 aromatic rings. The van der Waals surface area contributed by atoms with Crippen LogP contribution in [0.3, 0.4) is 0 Å². The normalized spacial score (nSPS) is 15.2. The zero-order chi connectivity index (χ0) is 23.8. The highest BCUT2D eigenvalue weighted by molar-refractivity contribution is 7.89. The van der Waals surface area contributed by atoms with Gasteiger partial charge in [-0.05, 0) is 50.5 Å². The van der Waals surface area contributed by atoms with Gasteiger partial charge in [-0.25, -0.2) is 8.42 Å². The zero-order valence-electron chi connectivity index (χ0n) is 19.0. The van der Waals surface area contributed by atoms with Crippen LogP contribution in [0.1, 0.15) is 35.2 Å². The van der Waals surface area contributed by atoms with Crippen LogP contribution in [0.5, 0.6) is 0 Å². The third-order valence-electron chi connectivity index (χ3n) is 5.72. The predicted molar refractivity (Wildman–Crippen MR) is 127 cm³/mol. The summed E-state index contributed by atoms with van der Waals surface area (Å²) in [4.78, 5) is 25.7. The first kappa shape index (κ1) is 24.9. The molecule has 1 aliphatic heterocycles. The van der Waals surface area contributed by atoms with E-state index < -0.39 is 10.0 Å². The highest BCUT2D eigenvalue weighted by Crippen LogP contribution is 2.26. The van der Waals surface area contributed by atoms with E-state index in [0.29, 0.717) is 43.7 Å². The SMILES string of the molecule is COCCCNC(=O)c1ccccc1NC(=O)C1CCN(S(=O)(=O)c2ccc(C)cc2)CC1. The Kier molecular flexibility index (Phi) is 8.60. The number of hydrogen-bond donors (Lipinski definition) is 2. The van der Waals surface area contributed by atoms with Crippen molar-refractivity contribution >= 4 is 27.5 Å². The molecular weight excluding hydrogens is 442 g/mol. The summed E-state index contributed by atoms with van der Waals surface area (Å²) in [6.07, 6.45) is 1.53. The monoisotopic (exact) mass is 473 g/mol. The van der Waals surface area contributed by atoms with Crippen molar-refractivity contribution in [1.29, 1.82) is 0 Å². The third kappa shape index (κ3) is 6.40. The fourth-order valence-electron chi connectivity index (χ4n) is 3.76. The van der Waals surface area contributed by atoms with Gasteiger partial charge in [0.2, 0.25) is 15.9 Å². The summed E-state index contributed by atoms with van der Waals surface area (Å²) in [5.41, 5.74) is 1.83. The van der Waals surface area contributed by atoms with Crippen LogP contribution in [-0.2, 0) is 19.6 Å². The second kappa shape index (κ2) is 11.4. The molecule has 0 spiro atoms. The molecule has 0 unspecified atom stereocenters. The summed E-state index contributed by atoms with van der Waals surface area (Å²) < 4.78 is 32.2. The first-order valence-corrected chi connectivity index (χ1v) is 12.5. The highest BCUT2D eigenvalue weighted by atomic mass is 32.2. The average Bonchev–Trinajstić information content (AvgIpc) is 2.82. The van der Waals surface area contributed by atoms with Gasteiger partial charge in [-0.2, -0.15) is 4.31 Å². The topological polar surface area (TPSA) is 105 Å². The van der Waals surface area contributed by atoms with Gasteiger partial charge in [0.15, 0.2) is 0 Å². The van der Waals surface area contributed by atoms with Crippen LogP contribution in [0, 0.1) is 12.8 Å². The molecule has 178 valence electrons. The zero-order valence-corrected chi connectivity index (χ0v) is 19.9. The Morgan fingerprint density at radius 2 is 1.73 bits per heavy atom. The first-order valence-electron chi connectivity index (χ1n) is 11.1. The molecule has 1 heterocycles. The number of anilines is 1. The van der Waals surface area contributed by atoms with E-state index in [9.17, 15) is 18.0 Å². The molecule has 0 bridgehead atoms. The Morgan fingerprint density at radius 3 is 2.39 bits per heavy atom. The lowest BCUT2D eigenvalue weighted by Crippen LogP contribution is -2.41. The molecule has 2 N–H and O–H groups in total. The number of hydrogen-bond acceptors (Lipinski definition) is 5. The van der Waals surface area contributed by atoms with Crippen LogP contribution in [-0.4, -0.2) is 57.9 Å². The Balaban J connectivity index is 1.58. The van der Waals surface area contributed by atoms with Gasteiger partial charge in [0, 0.05) is 39.3 Å². The highest BCUT2D eigenvalue weighted by Gasteiger charge is 2.32. The van der Waals surface area contributed by atoms with Crippen molar-refractivity contribution in [2.75, 3.05) is 38.7 Å². The summed E-state index contributed by atoms with van der Waals surface area (Å²) in [7, 11) is -1.97. The number of ether oxygens (including phenoxy) is 1. The number of carbonyl (C=O) groups excluding carboxylic acids is 2. The second-order valence-corrected chi connectivity index (χ2v) is 10.1. The number of piperidine rings is 1. The molecule has 3 rings (SSSR count). The third-order valence-corrected chi connectivity index (χ3v) is 7.64. The van der Waals surface area contributed by atoms with Crippen molar-refractivity contribution in [2.45, 2.75) is 31.1 Å². The minimum Gasteiger partial charge on any atom is -0.385 e. The molecule has 1 fully saturated rings. The van der Waals surface area contributed by atoms with Crippen molar-refractivity contribution in [2.24, 2.45) is 5.92 Å². The molecular formula is C24H31N3O5S. The van der Waals surface area contributed by atoms with Crippen LogP contribution >= 0.6 is 0 Å². The van der Waals surface area contributed by atoms with E-state index in [-0.39, 0.29) is 35.7 Å². The second-order valence-electron chi connectivity index (χ2n) is 8.13. The van der Waals surface area contributed by atoms with E-state index in [2.05, 4.69) is 10.6 Å². The van der Waals surface area contributed by atoms with Crippen LogP contribution < -0.4 is 10.6 Å². The molecule has 8 nitrogen and oxygen atoms in total. The Morgan fingerprint density at radius 1 is 1.06 bits per heavy atom. The van der Waals surface area contributed by atoms with Crippen LogP contribution in [0.4, 0.5) is 5.69 Å². The lowest BCUT2D eigenvalue weighted by atomic mass is 9.97. The molecule has 0 aliphatic carbocycles. The van der Waals surface area contributed by atoms with Crippen molar-refractivity contribution in [1.82, 2.24) is 9.62 Å². The largest absolute Gasteiger partial charge is 0.385 e. The maximum Gasteiger partial charge on any atom is 0.253 e. The van der Waals surface area contributed by atoms with Gasteiger partial charge < -0.3 is 15.4 Å². The quantitative estimate of drug-likeness (QED) is 0.545. The van der Waals surface area contributed by atoms with Crippen LogP contribution in [0.15, 0.2) is 53.4 Å². The number of benzene rings is 2. The number of nitrogens with zero attached hydrogens (tertiary/aromatic N) is 1. The lowest BCUT2D eigenvalue weighted by molar-refractivity contribution is -0.120. The number of rotatable bonds is 9. The van der Waals surface area contributed by atoms with Gasteiger partial charge in [0.1, 0.15) is 0 Å². The van der Waals surface area contributed by atoms with Gasteiger partial charge in [-0.15, -0.1) is 0 Å². The van der Waals surface area contributed by atoms with Crippen molar-refractivity contribution in [3.8, 4) is 0 Å². The molecule has 0 aromatic heterocycles. The molecule has 1 aliphatic rings.